The Bertz CT molecular complexity index is 1090. The normalized spacial score (nSPS) is 22.2. The Hall–Kier alpha value is -2.77. The minimum absolute atomic E-state index is 0.157. The number of ether oxygens (including phenoxy) is 2. The molecule has 0 radical (unpaired) electrons. The van der Waals surface area contributed by atoms with E-state index in [0.29, 0.717) is 19.8 Å². The summed E-state index contributed by atoms with van der Waals surface area (Å²) in [6.07, 6.45) is 0.157. The molecule has 0 bridgehead atoms. The van der Waals surface area contributed by atoms with Gasteiger partial charge in [-0.1, -0.05) is 24.3 Å². The lowest BCUT2D eigenvalue weighted by Gasteiger charge is -2.36. The lowest BCUT2D eigenvalue weighted by molar-refractivity contribution is 0.0526. The molecule has 1 aromatic carbocycles. The highest BCUT2D eigenvalue weighted by Crippen LogP contribution is 2.31. The van der Waals surface area contributed by atoms with Crippen molar-refractivity contribution in [1.29, 1.82) is 0 Å². The number of fused-ring (bicyclic) bond motifs is 1. The zero-order chi connectivity index (χ0) is 21.4. The largest absolute Gasteiger partial charge is 0.377 e. The first kappa shape index (κ1) is 20.2. The molecule has 0 aliphatic carbocycles. The van der Waals surface area contributed by atoms with E-state index in [0.717, 1.165) is 53.7 Å². The molecule has 7 heteroatoms. The van der Waals surface area contributed by atoms with E-state index in [1.165, 1.54) is 5.56 Å². The second kappa shape index (κ2) is 8.40. The number of anilines is 2. The van der Waals surface area contributed by atoms with E-state index in [1.807, 2.05) is 0 Å². The highest BCUT2D eigenvalue weighted by molar-refractivity contribution is 5.90. The summed E-state index contributed by atoms with van der Waals surface area (Å²) in [6.45, 7) is 10.8. The van der Waals surface area contributed by atoms with E-state index >= 15 is 0 Å². The van der Waals surface area contributed by atoms with E-state index in [-0.39, 0.29) is 12.1 Å². The Morgan fingerprint density at radius 1 is 0.968 bits per heavy atom. The number of aromatic nitrogens is 3. The maximum Gasteiger partial charge on any atom is 0.229 e. The monoisotopic (exact) mass is 419 g/mol. The van der Waals surface area contributed by atoms with Crippen molar-refractivity contribution < 1.29 is 9.47 Å². The maximum atomic E-state index is 5.73. The number of hydrogen-bond acceptors (Lipinski definition) is 7. The van der Waals surface area contributed by atoms with Gasteiger partial charge < -0.3 is 19.3 Å². The molecule has 0 spiro atoms. The van der Waals surface area contributed by atoms with Crippen LogP contribution in [0.5, 0.6) is 0 Å². The first-order valence-electron chi connectivity index (χ1n) is 11.1. The van der Waals surface area contributed by atoms with Crippen molar-refractivity contribution >= 4 is 22.8 Å². The van der Waals surface area contributed by atoms with Crippen molar-refractivity contribution in [2.75, 3.05) is 49.3 Å². The predicted octanol–water partition coefficient (Wildman–Crippen LogP) is 3.45. The fourth-order valence-electron chi connectivity index (χ4n) is 4.40. The van der Waals surface area contributed by atoms with Crippen molar-refractivity contribution in [2.24, 2.45) is 0 Å². The molecule has 162 valence electrons. The number of benzene rings is 1. The molecule has 3 aromatic rings. The maximum absolute atomic E-state index is 5.73. The van der Waals surface area contributed by atoms with Gasteiger partial charge in [-0.05, 0) is 38.5 Å². The van der Waals surface area contributed by atoms with E-state index < -0.39 is 0 Å². The molecule has 0 amide bonds. The third-order valence-corrected chi connectivity index (χ3v) is 6.11. The molecule has 2 atom stereocenters. The Morgan fingerprint density at radius 3 is 2.65 bits per heavy atom. The van der Waals surface area contributed by atoms with Gasteiger partial charge in [0.25, 0.3) is 0 Å². The van der Waals surface area contributed by atoms with Crippen LogP contribution in [0.2, 0.25) is 0 Å². The molecule has 2 aromatic heterocycles. The van der Waals surface area contributed by atoms with Crippen molar-refractivity contribution in [3.05, 3.63) is 42.0 Å². The summed E-state index contributed by atoms with van der Waals surface area (Å²) < 4.78 is 11.4. The third-order valence-electron chi connectivity index (χ3n) is 6.11. The molecule has 2 fully saturated rings. The molecule has 2 aliphatic rings. The minimum Gasteiger partial charge on any atom is -0.377 e. The van der Waals surface area contributed by atoms with Gasteiger partial charge in [0, 0.05) is 25.2 Å². The lowest BCUT2D eigenvalue weighted by atomic mass is 10.0. The van der Waals surface area contributed by atoms with Crippen LogP contribution in [0.15, 0.2) is 36.4 Å². The average molecular weight is 420 g/mol. The molecule has 31 heavy (non-hydrogen) atoms. The summed E-state index contributed by atoms with van der Waals surface area (Å²) in [5, 5.41) is 0.983. The molecule has 5 rings (SSSR count). The van der Waals surface area contributed by atoms with Crippen LogP contribution >= 0.6 is 0 Å². The standard InChI is InChI=1S/C24H29N5O2/c1-16-6-4-5-7-19(16)21-9-8-20-22(25-21)26-24(28-10-13-31-18(3)14-28)27-23(20)29-11-12-30-15-17(29)2/h4-9,17-18H,10-15H2,1-3H3/t17-,18-/m0/s1. The minimum atomic E-state index is 0.157. The molecule has 4 heterocycles. The predicted molar refractivity (Wildman–Crippen MR) is 123 cm³/mol. The second-order valence-electron chi connectivity index (χ2n) is 8.47. The number of pyridine rings is 1. The summed E-state index contributed by atoms with van der Waals surface area (Å²) in [5.41, 5.74) is 4.00. The van der Waals surface area contributed by atoms with Crippen LogP contribution in [-0.4, -0.2) is 66.6 Å². The van der Waals surface area contributed by atoms with Gasteiger partial charge in [0.05, 0.1) is 43.0 Å². The van der Waals surface area contributed by atoms with Crippen LogP contribution in [0.4, 0.5) is 11.8 Å². The van der Waals surface area contributed by atoms with Gasteiger partial charge in [-0.3, -0.25) is 0 Å². The van der Waals surface area contributed by atoms with Gasteiger partial charge in [-0.2, -0.15) is 9.97 Å². The van der Waals surface area contributed by atoms with Crippen LogP contribution in [-0.2, 0) is 9.47 Å². The molecule has 2 aliphatic heterocycles. The fraction of sp³-hybridized carbons (Fsp3) is 0.458. The van der Waals surface area contributed by atoms with Crippen molar-refractivity contribution in [3.8, 4) is 11.3 Å². The van der Waals surface area contributed by atoms with Gasteiger partial charge in [-0.25, -0.2) is 4.98 Å². The zero-order valence-electron chi connectivity index (χ0n) is 18.4. The number of morpholine rings is 2. The van der Waals surface area contributed by atoms with Crippen LogP contribution in [0.3, 0.4) is 0 Å². The van der Waals surface area contributed by atoms with E-state index in [9.17, 15) is 0 Å². The van der Waals surface area contributed by atoms with Gasteiger partial charge >= 0.3 is 0 Å². The van der Waals surface area contributed by atoms with Crippen molar-refractivity contribution in [2.45, 2.75) is 32.9 Å². The molecular weight excluding hydrogens is 390 g/mol. The topological polar surface area (TPSA) is 63.6 Å². The Morgan fingerprint density at radius 2 is 1.84 bits per heavy atom. The number of nitrogens with zero attached hydrogens (tertiary/aromatic N) is 5. The van der Waals surface area contributed by atoms with Crippen molar-refractivity contribution in [3.63, 3.8) is 0 Å². The molecule has 2 saturated heterocycles. The Kier molecular flexibility index (Phi) is 5.46. The fourth-order valence-corrected chi connectivity index (χ4v) is 4.40. The van der Waals surface area contributed by atoms with Crippen molar-refractivity contribution in [1.82, 2.24) is 15.0 Å². The van der Waals surface area contributed by atoms with Crippen LogP contribution in [0, 0.1) is 6.92 Å². The smallest absolute Gasteiger partial charge is 0.229 e. The summed E-state index contributed by atoms with van der Waals surface area (Å²) in [4.78, 5) is 19.5. The Labute approximate surface area is 183 Å². The summed E-state index contributed by atoms with van der Waals surface area (Å²) in [6, 6.07) is 12.8. The Balaban J connectivity index is 1.65. The lowest BCUT2D eigenvalue weighted by Crippen LogP contribution is -2.45. The van der Waals surface area contributed by atoms with Gasteiger partial charge in [0.2, 0.25) is 5.95 Å². The van der Waals surface area contributed by atoms with Gasteiger partial charge in [0.1, 0.15) is 5.82 Å². The second-order valence-corrected chi connectivity index (χ2v) is 8.47. The first-order valence-corrected chi connectivity index (χ1v) is 11.1. The van der Waals surface area contributed by atoms with Crippen LogP contribution in [0.25, 0.3) is 22.3 Å². The molecule has 0 N–H and O–H groups in total. The molecule has 0 saturated carbocycles. The number of hydrogen-bond donors (Lipinski definition) is 0. The SMILES string of the molecule is Cc1ccccc1-c1ccc2c(N3CCOC[C@@H]3C)nc(N3CCO[C@@H](C)C3)nc2n1. The summed E-state index contributed by atoms with van der Waals surface area (Å²) in [5.74, 6) is 1.67. The van der Waals surface area contributed by atoms with E-state index in [2.05, 4.69) is 67.0 Å². The number of rotatable bonds is 3. The van der Waals surface area contributed by atoms with Crippen LogP contribution in [0.1, 0.15) is 19.4 Å². The molecular formula is C24H29N5O2. The highest BCUT2D eigenvalue weighted by Gasteiger charge is 2.26. The molecule has 7 nitrogen and oxygen atoms in total. The number of aryl methyl sites for hydroxylation is 1. The summed E-state index contributed by atoms with van der Waals surface area (Å²) >= 11 is 0. The molecule has 0 unspecified atom stereocenters. The van der Waals surface area contributed by atoms with Gasteiger partial charge in [0.15, 0.2) is 5.65 Å². The highest BCUT2D eigenvalue weighted by atomic mass is 16.5. The van der Waals surface area contributed by atoms with E-state index in [4.69, 9.17) is 24.4 Å². The van der Waals surface area contributed by atoms with Gasteiger partial charge in [-0.15, -0.1) is 0 Å². The zero-order valence-corrected chi connectivity index (χ0v) is 18.4. The van der Waals surface area contributed by atoms with E-state index in [1.54, 1.807) is 0 Å². The third kappa shape index (κ3) is 3.95. The summed E-state index contributed by atoms with van der Waals surface area (Å²) in [7, 11) is 0. The van der Waals surface area contributed by atoms with Crippen LogP contribution < -0.4 is 9.80 Å². The quantitative estimate of drug-likeness (QED) is 0.644. The first-order chi connectivity index (χ1) is 15.1. The average Bonchev–Trinajstić information content (AvgIpc) is 2.79.